The van der Waals surface area contributed by atoms with Crippen LogP contribution in [0.25, 0.3) is 23.5 Å². The highest BCUT2D eigenvalue weighted by molar-refractivity contribution is 5.68. The van der Waals surface area contributed by atoms with Crippen LogP contribution < -0.4 is 5.73 Å². The third-order valence-electron chi connectivity index (χ3n) is 2.87. The highest BCUT2D eigenvalue weighted by Crippen LogP contribution is 2.21. The van der Waals surface area contributed by atoms with Crippen molar-refractivity contribution < 1.29 is 8.94 Å². The smallest absolute Gasteiger partial charge is 0.250 e. The van der Waals surface area contributed by atoms with E-state index in [9.17, 15) is 0 Å². The molecule has 0 spiro atoms. The van der Waals surface area contributed by atoms with Crippen molar-refractivity contribution in [2.45, 2.75) is 6.92 Å². The van der Waals surface area contributed by atoms with Crippen molar-refractivity contribution in [1.29, 1.82) is 0 Å². The Balaban J connectivity index is 1.83. The zero-order valence-corrected chi connectivity index (χ0v) is 10.9. The number of aromatic nitrogens is 2. The van der Waals surface area contributed by atoms with Crippen LogP contribution in [0.2, 0.25) is 0 Å². The molecule has 0 aliphatic rings. The molecule has 5 heteroatoms. The molecule has 0 radical (unpaired) electrons. The summed E-state index contributed by atoms with van der Waals surface area (Å²) in [6.07, 6.45) is 5.22. The quantitative estimate of drug-likeness (QED) is 0.736. The van der Waals surface area contributed by atoms with Crippen molar-refractivity contribution in [2.24, 2.45) is 0 Å². The lowest BCUT2D eigenvalue weighted by Gasteiger charge is -1.94. The zero-order chi connectivity index (χ0) is 13.9. The summed E-state index contributed by atoms with van der Waals surface area (Å²) in [6.45, 7) is 1.86. The average molecular weight is 267 g/mol. The lowest BCUT2D eigenvalue weighted by Crippen LogP contribution is -1.83. The predicted octanol–water partition coefficient (Wildman–Crippen LogP) is 3.39. The van der Waals surface area contributed by atoms with Crippen molar-refractivity contribution >= 4 is 17.8 Å². The van der Waals surface area contributed by atoms with Crippen molar-refractivity contribution in [3.05, 3.63) is 53.8 Å². The van der Waals surface area contributed by atoms with Gasteiger partial charge in [-0.15, -0.1) is 0 Å². The van der Waals surface area contributed by atoms with E-state index < -0.39 is 0 Å². The first-order chi connectivity index (χ1) is 9.72. The summed E-state index contributed by atoms with van der Waals surface area (Å²) < 4.78 is 10.4. The van der Waals surface area contributed by atoms with Gasteiger partial charge < -0.3 is 14.7 Å². The highest BCUT2D eigenvalue weighted by atomic mass is 16.5. The van der Waals surface area contributed by atoms with Gasteiger partial charge in [-0.3, -0.25) is 0 Å². The number of nitrogens with zero attached hydrogens (tertiary/aromatic N) is 2. The second-order valence-electron chi connectivity index (χ2n) is 4.35. The van der Waals surface area contributed by atoms with Crippen LogP contribution in [0.5, 0.6) is 0 Å². The Hall–Kier alpha value is -2.82. The molecular weight excluding hydrogens is 254 g/mol. The zero-order valence-electron chi connectivity index (χ0n) is 10.9. The Morgan fingerprint density at radius 2 is 2.10 bits per heavy atom. The molecule has 100 valence electrons. The van der Waals surface area contributed by atoms with Gasteiger partial charge in [-0.2, -0.15) is 4.98 Å². The Bertz CT molecular complexity index is 756. The molecule has 2 aromatic heterocycles. The Labute approximate surface area is 115 Å². The van der Waals surface area contributed by atoms with Gasteiger partial charge in [0.1, 0.15) is 5.76 Å². The van der Waals surface area contributed by atoms with E-state index in [2.05, 4.69) is 10.1 Å². The lowest BCUT2D eigenvalue weighted by molar-refractivity contribution is 0.411. The van der Waals surface area contributed by atoms with Gasteiger partial charge in [0.15, 0.2) is 0 Å². The van der Waals surface area contributed by atoms with E-state index in [4.69, 9.17) is 14.7 Å². The van der Waals surface area contributed by atoms with Gasteiger partial charge in [0.05, 0.1) is 11.8 Å². The fraction of sp³-hybridized carbons (Fsp3) is 0.0667. The number of nitrogen functional groups attached to an aromatic ring is 1. The summed E-state index contributed by atoms with van der Waals surface area (Å²) in [4.78, 5) is 4.30. The number of hydrogen-bond acceptors (Lipinski definition) is 5. The minimum Gasteiger partial charge on any atom is -0.469 e. The molecule has 0 aliphatic heterocycles. The van der Waals surface area contributed by atoms with Crippen LogP contribution in [0.4, 0.5) is 5.69 Å². The molecule has 0 atom stereocenters. The second-order valence-corrected chi connectivity index (χ2v) is 4.35. The fourth-order valence-corrected chi connectivity index (χ4v) is 1.86. The van der Waals surface area contributed by atoms with E-state index in [1.165, 1.54) is 0 Å². The predicted molar refractivity (Wildman–Crippen MR) is 76.5 cm³/mol. The molecule has 0 amide bonds. The number of rotatable bonds is 3. The molecule has 3 rings (SSSR count). The number of aryl methyl sites for hydroxylation is 1. The Morgan fingerprint density at radius 1 is 1.20 bits per heavy atom. The van der Waals surface area contributed by atoms with E-state index in [-0.39, 0.29) is 0 Å². The number of nitrogens with two attached hydrogens (primary N) is 1. The van der Waals surface area contributed by atoms with Crippen molar-refractivity contribution in [3.8, 4) is 11.4 Å². The van der Waals surface area contributed by atoms with Crippen LogP contribution >= 0.6 is 0 Å². The molecule has 0 bridgehead atoms. The second kappa shape index (κ2) is 5.05. The van der Waals surface area contributed by atoms with Gasteiger partial charge in [-0.05, 0) is 36.8 Å². The van der Waals surface area contributed by atoms with Gasteiger partial charge in [0, 0.05) is 11.8 Å². The Kier molecular flexibility index (Phi) is 3.09. The summed E-state index contributed by atoms with van der Waals surface area (Å²) in [5, 5.41) is 3.93. The summed E-state index contributed by atoms with van der Waals surface area (Å²) >= 11 is 0. The first kappa shape index (κ1) is 12.2. The maximum absolute atomic E-state index is 5.72. The largest absolute Gasteiger partial charge is 0.469 e. The molecule has 5 nitrogen and oxygen atoms in total. The average Bonchev–Trinajstić information content (AvgIpc) is 3.05. The van der Waals surface area contributed by atoms with Crippen LogP contribution in [-0.2, 0) is 0 Å². The third-order valence-corrected chi connectivity index (χ3v) is 2.87. The summed E-state index contributed by atoms with van der Waals surface area (Å²) in [7, 11) is 0. The van der Waals surface area contributed by atoms with Crippen LogP contribution in [-0.4, -0.2) is 10.1 Å². The van der Waals surface area contributed by atoms with E-state index in [1.54, 1.807) is 12.3 Å². The molecule has 20 heavy (non-hydrogen) atoms. The molecule has 2 heterocycles. The van der Waals surface area contributed by atoms with E-state index >= 15 is 0 Å². The maximum Gasteiger partial charge on any atom is 0.250 e. The van der Waals surface area contributed by atoms with Gasteiger partial charge >= 0.3 is 0 Å². The molecule has 0 unspecified atom stereocenters. The van der Waals surface area contributed by atoms with Crippen molar-refractivity contribution in [2.75, 3.05) is 5.73 Å². The first-order valence-electron chi connectivity index (χ1n) is 6.14. The fourth-order valence-electron chi connectivity index (χ4n) is 1.86. The van der Waals surface area contributed by atoms with Crippen LogP contribution in [0.15, 0.2) is 45.5 Å². The van der Waals surface area contributed by atoms with Crippen LogP contribution in [0, 0.1) is 6.92 Å². The monoisotopic (exact) mass is 267 g/mol. The third kappa shape index (κ3) is 2.47. The summed E-state index contributed by atoms with van der Waals surface area (Å²) in [5.41, 5.74) is 8.24. The molecule has 2 N–H and O–H groups in total. The first-order valence-corrected chi connectivity index (χ1v) is 6.14. The molecule has 0 aliphatic carbocycles. The minimum atomic E-state index is 0.433. The number of anilines is 1. The van der Waals surface area contributed by atoms with Gasteiger partial charge in [-0.25, -0.2) is 0 Å². The minimum absolute atomic E-state index is 0.433. The molecule has 0 saturated heterocycles. The van der Waals surface area contributed by atoms with E-state index in [0.717, 1.165) is 16.9 Å². The van der Waals surface area contributed by atoms with Gasteiger partial charge in [0.2, 0.25) is 5.82 Å². The van der Waals surface area contributed by atoms with E-state index in [1.807, 2.05) is 43.3 Å². The molecular formula is C15H13N3O2. The number of furan rings is 1. The topological polar surface area (TPSA) is 78.1 Å². The maximum atomic E-state index is 5.72. The standard InChI is InChI=1S/C15H13N3O2/c1-10-13(7-8-19-10)15-17-14(20-18-15)6-5-11-3-2-4-12(16)9-11/h2-9H,16H2,1H3/b6-5+. The number of hydrogen-bond donors (Lipinski definition) is 1. The Morgan fingerprint density at radius 3 is 2.85 bits per heavy atom. The molecule has 0 fully saturated rings. The van der Waals surface area contributed by atoms with Gasteiger partial charge in [0.25, 0.3) is 5.89 Å². The molecule has 0 saturated carbocycles. The van der Waals surface area contributed by atoms with Crippen molar-refractivity contribution in [3.63, 3.8) is 0 Å². The normalized spacial score (nSPS) is 11.2. The van der Waals surface area contributed by atoms with Crippen molar-refractivity contribution in [1.82, 2.24) is 10.1 Å². The highest BCUT2D eigenvalue weighted by Gasteiger charge is 2.11. The van der Waals surface area contributed by atoms with Crippen LogP contribution in [0.1, 0.15) is 17.2 Å². The number of benzene rings is 1. The summed E-state index contributed by atoms with van der Waals surface area (Å²) in [6, 6.07) is 9.36. The van der Waals surface area contributed by atoms with Crippen LogP contribution in [0.3, 0.4) is 0 Å². The van der Waals surface area contributed by atoms with Gasteiger partial charge in [-0.1, -0.05) is 17.3 Å². The molecule has 1 aromatic carbocycles. The SMILES string of the molecule is Cc1occc1-c1noc(/C=C/c2cccc(N)c2)n1. The lowest BCUT2D eigenvalue weighted by atomic mass is 10.2. The molecule has 3 aromatic rings. The summed E-state index contributed by atoms with van der Waals surface area (Å²) in [5.74, 6) is 1.71. The van der Waals surface area contributed by atoms with E-state index in [0.29, 0.717) is 17.4 Å².